The molecule has 7 nitrogen and oxygen atoms in total. The summed E-state index contributed by atoms with van der Waals surface area (Å²) in [6, 6.07) is 12.2. The zero-order valence-electron chi connectivity index (χ0n) is 16.3. The Hall–Kier alpha value is -2.74. The van der Waals surface area contributed by atoms with Crippen LogP contribution in [0.5, 0.6) is 11.5 Å². The van der Waals surface area contributed by atoms with Crippen LogP contribution in [0.4, 0.5) is 11.4 Å². The average Bonchev–Trinajstić information content (AvgIpc) is 2.61. The summed E-state index contributed by atoms with van der Waals surface area (Å²) in [4.78, 5) is 12.7. The molecule has 1 amide bonds. The molecule has 1 aliphatic rings. The Balaban J connectivity index is 1.78. The van der Waals surface area contributed by atoms with Gasteiger partial charge in [-0.3, -0.25) is 9.10 Å². The summed E-state index contributed by atoms with van der Waals surface area (Å²) in [5, 5.41) is 2.77. The molecule has 8 heteroatoms. The molecular weight excluding hydrogens is 380 g/mol. The van der Waals surface area contributed by atoms with E-state index in [9.17, 15) is 13.2 Å². The van der Waals surface area contributed by atoms with Gasteiger partial charge in [0.1, 0.15) is 11.5 Å². The van der Waals surface area contributed by atoms with Crippen molar-refractivity contribution in [2.75, 3.05) is 22.4 Å². The predicted octanol–water partition coefficient (Wildman–Crippen LogP) is 2.95. The summed E-state index contributed by atoms with van der Waals surface area (Å²) in [6.07, 6.45) is 0.214. The fourth-order valence-electron chi connectivity index (χ4n) is 2.92. The number of hydrogen-bond acceptors (Lipinski definition) is 5. The molecule has 0 bridgehead atoms. The maximum absolute atomic E-state index is 12.7. The molecule has 3 rings (SSSR count). The number of rotatable bonds is 5. The van der Waals surface area contributed by atoms with Crippen LogP contribution in [0.25, 0.3) is 0 Å². The van der Waals surface area contributed by atoms with Gasteiger partial charge >= 0.3 is 0 Å². The van der Waals surface area contributed by atoms with Gasteiger partial charge in [-0.15, -0.1) is 0 Å². The van der Waals surface area contributed by atoms with Crippen LogP contribution >= 0.6 is 0 Å². The van der Waals surface area contributed by atoms with Crippen LogP contribution in [0.3, 0.4) is 0 Å². The number of nitrogens with one attached hydrogen (secondary N) is 1. The number of benzene rings is 2. The number of aryl methyl sites for hydroxylation is 1. The summed E-state index contributed by atoms with van der Waals surface area (Å²) in [6.45, 7) is 5.65. The van der Waals surface area contributed by atoms with Crippen molar-refractivity contribution in [1.82, 2.24) is 0 Å². The summed E-state index contributed by atoms with van der Waals surface area (Å²) >= 11 is 0. The first-order valence-corrected chi connectivity index (χ1v) is 10.8. The third kappa shape index (κ3) is 4.56. The summed E-state index contributed by atoms with van der Waals surface area (Å²) in [7, 11) is -3.56. The number of ether oxygens (including phenoxy) is 2. The molecule has 0 unspecified atom stereocenters. The van der Waals surface area contributed by atoms with E-state index in [2.05, 4.69) is 5.32 Å². The molecule has 1 heterocycles. The lowest BCUT2D eigenvalue weighted by molar-refractivity contribution is -0.122. The third-order valence-electron chi connectivity index (χ3n) is 4.17. The second kappa shape index (κ2) is 7.71. The number of amides is 1. The third-order valence-corrected chi connectivity index (χ3v) is 5.32. The van der Waals surface area contributed by atoms with E-state index in [0.717, 1.165) is 11.8 Å². The van der Waals surface area contributed by atoms with Crippen LogP contribution in [0, 0.1) is 6.92 Å². The minimum atomic E-state index is -3.56. The molecule has 0 fully saturated rings. The molecule has 0 saturated carbocycles. The van der Waals surface area contributed by atoms with Gasteiger partial charge in [0.25, 0.3) is 5.91 Å². The van der Waals surface area contributed by atoms with Gasteiger partial charge < -0.3 is 14.8 Å². The fraction of sp³-hybridized carbons (Fsp3) is 0.350. The van der Waals surface area contributed by atoms with Crippen LogP contribution in [0.1, 0.15) is 19.4 Å². The molecular formula is C20H24N2O5S. The van der Waals surface area contributed by atoms with Crippen LogP contribution < -0.4 is 19.1 Å². The molecule has 28 heavy (non-hydrogen) atoms. The van der Waals surface area contributed by atoms with Crippen molar-refractivity contribution in [2.24, 2.45) is 0 Å². The fourth-order valence-corrected chi connectivity index (χ4v) is 3.83. The first kappa shape index (κ1) is 20.0. The molecule has 0 aromatic heterocycles. The maximum atomic E-state index is 12.7. The standard InChI is InChI=1S/C20H24N2O5S/c1-13(2)26-16-8-6-15(7-9-16)21-20(23)19-12-22(28(4,24)25)17-11-14(3)5-10-18(17)27-19/h5-11,13,19H,12H2,1-4H3,(H,21,23)/t19-/m1/s1. The summed E-state index contributed by atoms with van der Waals surface area (Å²) in [5.74, 6) is 0.648. The van der Waals surface area contributed by atoms with Gasteiger partial charge in [-0.1, -0.05) is 6.07 Å². The van der Waals surface area contributed by atoms with Gasteiger partial charge in [0, 0.05) is 5.69 Å². The lowest BCUT2D eigenvalue weighted by Gasteiger charge is -2.34. The SMILES string of the molecule is Cc1ccc2c(c1)N(S(C)(=O)=O)C[C@H](C(=O)Nc1ccc(OC(C)C)cc1)O2. The largest absolute Gasteiger partial charge is 0.491 e. The van der Waals surface area contributed by atoms with Crippen molar-refractivity contribution in [3.8, 4) is 11.5 Å². The Bertz CT molecular complexity index is 971. The van der Waals surface area contributed by atoms with E-state index in [4.69, 9.17) is 9.47 Å². The lowest BCUT2D eigenvalue weighted by atomic mass is 10.1. The first-order valence-electron chi connectivity index (χ1n) is 8.96. The van der Waals surface area contributed by atoms with Crippen LogP contribution in [0.2, 0.25) is 0 Å². The van der Waals surface area contributed by atoms with E-state index in [0.29, 0.717) is 22.9 Å². The molecule has 2 aromatic rings. The molecule has 1 atom stereocenters. The zero-order chi connectivity index (χ0) is 20.5. The minimum absolute atomic E-state index is 0.0572. The molecule has 0 radical (unpaired) electrons. The van der Waals surface area contributed by atoms with Gasteiger partial charge in [-0.2, -0.15) is 0 Å². The second-order valence-corrected chi connectivity index (χ2v) is 8.96. The van der Waals surface area contributed by atoms with Gasteiger partial charge in [-0.25, -0.2) is 8.42 Å². The zero-order valence-corrected chi connectivity index (χ0v) is 17.1. The number of nitrogens with zero attached hydrogens (tertiary/aromatic N) is 1. The van der Waals surface area contributed by atoms with Crippen molar-refractivity contribution in [1.29, 1.82) is 0 Å². The Kier molecular flexibility index (Phi) is 5.51. The van der Waals surface area contributed by atoms with Gasteiger partial charge in [0.05, 0.1) is 24.6 Å². The number of carbonyl (C=O) groups is 1. The highest BCUT2D eigenvalue weighted by molar-refractivity contribution is 7.92. The summed E-state index contributed by atoms with van der Waals surface area (Å²) in [5.41, 5.74) is 1.93. The van der Waals surface area contributed by atoms with E-state index in [1.807, 2.05) is 26.8 Å². The Morgan fingerprint density at radius 2 is 1.89 bits per heavy atom. The average molecular weight is 404 g/mol. The number of carbonyl (C=O) groups excluding carboxylic acids is 1. The van der Waals surface area contributed by atoms with Crippen LogP contribution in [-0.4, -0.2) is 39.3 Å². The van der Waals surface area contributed by atoms with Crippen LogP contribution in [-0.2, 0) is 14.8 Å². The topological polar surface area (TPSA) is 84.9 Å². The van der Waals surface area contributed by atoms with Gasteiger partial charge in [0.15, 0.2) is 6.10 Å². The molecule has 0 saturated heterocycles. The molecule has 150 valence electrons. The molecule has 1 N–H and O–H groups in total. The van der Waals surface area contributed by atoms with E-state index in [1.165, 1.54) is 4.31 Å². The van der Waals surface area contributed by atoms with E-state index in [-0.39, 0.29) is 12.6 Å². The Labute approximate surface area is 165 Å². The maximum Gasteiger partial charge on any atom is 0.267 e. The highest BCUT2D eigenvalue weighted by Gasteiger charge is 2.35. The summed E-state index contributed by atoms with van der Waals surface area (Å²) < 4.78 is 37.0. The van der Waals surface area contributed by atoms with Gasteiger partial charge in [-0.05, 0) is 62.7 Å². The highest BCUT2D eigenvalue weighted by atomic mass is 32.2. The van der Waals surface area contributed by atoms with E-state index < -0.39 is 22.0 Å². The molecule has 0 spiro atoms. The number of anilines is 2. The molecule has 1 aliphatic heterocycles. The Morgan fingerprint density at radius 1 is 1.21 bits per heavy atom. The van der Waals surface area contributed by atoms with Crippen molar-refractivity contribution in [2.45, 2.75) is 33.0 Å². The van der Waals surface area contributed by atoms with Gasteiger partial charge in [0.2, 0.25) is 10.0 Å². The normalized spacial score (nSPS) is 16.3. The van der Waals surface area contributed by atoms with Crippen molar-refractivity contribution in [3.63, 3.8) is 0 Å². The van der Waals surface area contributed by atoms with E-state index >= 15 is 0 Å². The number of hydrogen-bond donors (Lipinski definition) is 1. The number of fused-ring (bicyclic) bond motifs is 1. The van der Waals surface area contributed by atoms with E-state index in [1.54, 1.807) is 36.4 Å². The first-order chi connectivity index (χ1) is 13.1. The monoisotopic (exact) mass is 404 g/mol. The van der Waals surface area contributed by atoms with Crippen molar-refractivity contribution < 1.29 is 22.7 Å². The smallest absolute Gasteiger partial charge is 0.267 e. The van der Waals surface area contributed by atoms with Crippen molar-refractivity contribution >= 4 is 27.3 Å². The lowest BCUT2D eigenvalue weighted by Crippen LogP contribution is -2.48. The molecule has 2 aromatic carbocycles. The predicted molar refractivity (Wildman–Crippen MR) is 109 cm³/mol. The highest BCUT2D eigenvalue weighted by Crippen LogP contribution is 2.36. The van der Waals surface area contributed by atoms with Crippen molar-refractivity contribution in [3.05, 3.63) is 48.0 Å². The molecule has 0 aliphatic carbocycles. The second-order valence-electron chi connectivity index (χ2n) is 7.05. The quantitative estimate of drug-likeness (QED) is 0.828. The minimum Gasteiger partial charge on any atom is -0.491 e. The van der Waals surface area contributed by atoms with Crippen LogP contribution in [0.15, 0.2) is 42.5 Å². The number of sulfonamides is 1. The Morgan fingerprint density at radius 3 is 2.50 bits per heavy atom.